The molecule has 16 heavy (non-hydrogen) atoms. The van der Waals surface area contributed by atoms with E-state index < -0.39 is 0 Å². The lowest BCUT2D eigenvalue weighted by Gasteiger charge is -2.36. The van der Waals surface area contributed by atoms with Gasteiger partial charge in [0.1, 0.15) is 0 Å². The predicted octanol–water partition coefficient (Wildman–Crippen LogP) is 4.65. The summed E-state index contributed by atoms with van der Waals surface area (Å²) in [6, 6.07) is 10.3. The largest absolute Gasteiger partial charge is 0.0986 e. The smallest absolute Gasteiger partial charge is 0.0565 e. The zero-order valence-corrected chi connectivity index (χ0v) is 10.5. The Morgan fingerprint density at radius 3 is 1.50 bits per heavy atom. The number of allylic oxidation sites excluding steroid dienone is 3. The van der Waals surface area contributed by atoms with Crippen LogP contribution in [-0.4, -0.2) is 0 Å². The van der Waals surface area contributed by atoms with Crippen molar-refractivity contribution in [3.05, 3.63) is 72.4 Å². The maximum atomic E-state index is 4.12. The van der Waals surface area contributed by atoms with Crippen LogP contribution in [0.25, 0.3) is 0 Å². The molecular weight excluding hydrogens is 192 g/mol. The maximum absolute atomic E-state index is 4.12. The third-order valence-corrected chi connectivity index (χ3v) is 3.13. The van der Waals surface area contributed by atoms with Crippen LogP contribution < -0.4 is 0 Å². The Morgan fingerprint density at radius 2 is 1.19 bits per heavy atom. The zero-order chi connectivity index (χ0) is 12.3. The Kier molecular flexibility index (Phi) is 3.54. The molecule has 0 fully saturated rings. The second-order valence-corrected chi connectivity index (χ2v) is 4.46. The van der Waals surface area contributed by atoms with Crippen LogP contribution in [0.15, 0.2) is 66.8 Å². The molecule has 1 aromatic carbocycles. The van der Waals surface area contributed by atoms with Gasteiger partial charge in [0.25, 0.3) is 0 Å². The van der Waals surface area contributed by atoms with Gasteiger partial charge in [0, 0.05) is 0 Å². The predicted molar refractivity (Wildman–Crippen MR) is 72.6 cm³/mol. The molecule has 0 N–H and O–H groups in total. The molecule has 0 saturated heterocycles. The third-order valence-electron chi connectivity index (χ3n) is 3.13. The minimum Gasteiger partial charge on any atom is -0.0986 e. The first kappa shape index (κ1) is 12.5. The van der Waals surface area contributed by atoms with Crippen molar-refractivity contribution in [2.75, 3.05) is 0 Å². The van der Waals surface area contributed by atoms with Crippen LogP contribution in [0.4, 0.5) is 0 Å². The van der Waals surface area contributed by atoms with Gasteiger partial charge >= 0.3 is 0 Å². The lowest BCUT2D eigenvalue weighted by Crippen LogP contribution is -2.29. The molecule has 0 radical (unpaired) electrons. The van der Waals surface area contributed by atoms with E-state index in [1.807, 2.05) is 39.0 Å². The summed E-state index contributed by atoms with van der Waals surface area (Å²) in [5.41, 5.74) is 4.11. The Morgan fingerprint density at radius 1 is 0.812 bits per heavy atom. The highest BCUT2D eigenvalue weighted by atomic mass is 14.4. The minimum absolute atomic E-state index is 0.290. The standard InChI is InChI=1S/C16H20/c1-12(2)16(13(3)4,14(5)6)15-10-8-7-9-11-15/h7-11H,1,3,5H2,2,4,6H3. The highest BCUT2D eigenvalue weighted by Gasteiger charge is 2.34. The molecule has 0 aliphatic rings. The summed E-state index contributed by atoms with van der Waals surface area (Å²) in [7, 11) is 0. The van der Waals surface area contributed by atoms with E-state index in [1.54, 1.807) is 0 Å². The van der Waals surface area contributed by atoms with Gasteiger partial charge in [-0.2, -0.15) is 0 Å². The van der Waals surface area contributed by atoms with Gasteiger partial charge in [0.05, 0.1) is 5.41 Å². The first-order chi connectivity index (χ1) is 7.44. The number of hydrogen-bond acceptors (Lipinski definition) is 0. The van der Waals surface area contributed by atoms with Gasteiger partial charge < -0.3 is 0 Å². The molecule has 0 aliphatic carbocycles. The molecule has 0 spiro atoms. The van der Waals surface area contributed by atoms with Gasteiger partial charge in [0.15, 0.2) is 0 Å². The highest BCUT2D eigenvalue weighted by molar-refractivity contribution is 5.52. The maximum Gasteiger partial charge on any atom is 0.0565 e. The van der Waals surface area contributed by atoms with E-state index in [4.69, 9.17) is 0 Å². The Labute approximate surface area is 99.0 Å². The van der Waals surface area contributed by atoms with Gasteiger partial charge in [-0.05, 0) is 26.3 Å². The summed E-state index contributed by atoms with van der Waals surface area (Å²) < 4.78 is 0. The molecule has 1 aromatic rings. The summed E-state index contributed by atoms with van der Waals surface area (Å²) in [6.45, 7) is 18.5. The van der Waals surface area contributed by atoms with Crippen LogP contribution in [0.1, 0.15) is 26.3 Å². The second kappa shape index (κ2) is 4.52. The van der Waals surface area contributed by atoms with E-state index in [0.717, 1.165) is 16.7 Å². The molecule has 84 valence electrons. The minimum atomic E-state index is -0.290. The molecule has 0 nitrogen and oxygen atoms in total. The van der Waals surface area contributed by atoms with Gasteiger partial charge in [-0.25, -0.2) is 0 Å². The van der Waals surface area contributed by atoms with Gasteiger partial charge in [-0.1, -0.05) is 66.8 Å². The fraction of sp³-hybridized carbons (Fsp3) is 0.250. The molecule has 0 aromatic heterocycles. The normalized spacial score (nSPS) is 10.9. The van der Waals surface area contributed by atoms with Crippen molar-refractivity contribution in [1.82, 2.24) is 0 Å². The molecule has 0 aliphatic heterocycles. The van der Waals surface area contributed by atoms with E-state index in [2.05, 4.69) is 31.9 Å². The SMILES string of the molecule is C=C(C)C(C(=C)C)(C(=C)C)c1ccccc1. The van der Waals surface area contributed by atoms with Crippen LogP contribution in [-0.2, 0) is 5.41 Å². The molecular formula is C16H20. The fourth-order valence-electron chi connectivity index (χ4n) is 2.52. The lowest BCUT2D eigenvalue weighted by molar-refractivity contribution is 0.696. The molecule has 0 amide bonds. The lowest BCUT2D eigenvalue weighted by atomic mass is 9.66. The van der Waals surface area contributed by atoms with Crippen LogP contribution in [0.2, 0.25) is 0 Å². The quantitative estimate of drug-likeness (QED) is 0.637. The Bertz CT molecular complexity index is 385. The van der Waals surface area contributed by atoms with Gasteiger partial charge in [-0.3, -0.25) is 0 Å². The molecule has 1 rings (SSSR count). The van der Waals surface area contributed by atoms with E-state index >= 15 is 0 Å². The summed E-state index contributed by atoms with van der Waals surface area (Å²) in [4.78, 5) is 0. The van der Waals surface area contributed by atoms with Crippen molar-refractivity contribution in [1.29, 1.82) is 0 Å². The van der Waals surface area contributed by atoms with Gasteiger partial charge in [-0.15, -0.1) is 0 Å². The first-order valence-electron chi connectivity index (χ1n) is 5.47. The second-order valence-electron chi connectivity index (χ2n) is 4.46. The third kappa shape index (κ3) is 1.76. The zero-order valence-electron chi connectivity index (χ0n) is 10.5. The van der Waals surface area contributed by atoms with Crippen molar-refractivity contribution in [2.45, 2.75) is 26.2 Å². The topological polar surface area (TPSA) is 0 Å². The fourth-order valence-corrected chi connectivity index (χ4v) is 2.52. The summed E-state index contributed by atoms with van der Waals surface area (Å²) >= 11 is 0. The Balaban J connectivity index is 3.52. The highest BCUT2D eigenvalue weighted by Crippen LogP contribution is 2.42. The molecule has 0 unspecified atom stereocenters. The molecule has 0 heterocycles. The first-order valence-corrected chi connectivity index (χ1v) is 5.47. The van der Waals surface area contributed by atoms with Crippen LogP contribution in [0, 0.1) is 0 Å². The molecule has 0 atom stereocenters. The Hall–Kier alpha value is -1.56. The van der Waals surface area contributed by atoms with Crippen molar-refractivity contribution >= 4 is 0 Å². The summed E-state index contributed by atoms with van der Waals surface area (Å²) in [5, 5.41) is 0. The van der Waals surface area contributed by atoms with Crippen molar-refractivity contribution < 1.29 is 0 Å². The van der Waals surface area contributed by atoms with Crippen molar-refractivity contribution in [2.24, 2.45) is 0 Å². The number of benzene rings is 1. The summed E-state index contributed by atoms with van der Waals surface area (Å²) in [5.74, 6) is 0. The molecule has 0 heteroatoms. The monoisotopic (exact) mass is 212 g/mol. The average molecular weight is 212 g/mol. The average Bonchev–Trinajstić information content (AvgIpc) is 2.18. The van der Waals surface area contributed by atoms with Crippen LogP contribution in [0.3, 0.4) is 0 Å². The van der Waals surface area contributed by atoms with Crippen molar-refractivity contribution in [3.8, 4) is 0 Å². The summed E-state index contributed by atoms with van der Waals surface area (Å²) in [6.07, 6.45) is 0. The van der Waals surface area contributed by atoms with E-state index in [9.17, 15) is 0 Å². The van der Waals surface area contributed by atoms with Crippen molar-refractivity contribution in [3.63, 3.8) is 0 Å². The van der Waals surface area contributed by atoms with Crippen LogP contribution >= 0.6 is 0 Å². The van der Waals surface area contributed by atoms with E-state index in [-0.39, 0.29) is 5.41 Å². The molecule has 0 bridgehead atoms. The number of hydrogen-bond donors (Lipinski definition) is 0. The van der Waals surface area contributed by atoms with E-state index in [1.165, 1.54) is 5.56 Å². The van der Waals surface area contributed by atoms with Crippen LogP contribution in [0.5, 0.6) is 0 Å². The van der Waals surface area contributed by atoms with E-state index in [0.29, 0.717) is 0 Å². The number of rotatable bonds is 4. The molecule has 0 saturated carbocycles. The van der Waals surface area contributed by atoms with Gasteiger partial charge in [0.2, 0.25) is 0 Å².